The van der Waals surface area contributed by atoms with Gasteiger partial charge in [0.05, 0.1) is 7.11 Å². The molecule has 0 bridgehead atoms. The minimum atomic E-state index is -0.135. The Labute approximate surface area is 118 Å². The molecule has 2 rings (SSSR count). The second kappa shape index (κ2) is 6.39. The van der Waals surface area contributed by atoms with Crippen molar-refractivity contribution < 1.29 is 9.53 Å². The molecular weight excluding hydrogens is 252 g/mol. The predicted molar refractivity (Wildman–Crippen MR) is 80.6 cm³/mol. The van der Waals surface area contributed by atoms with E-state index in [1.165, 1.54) is 0 Å². The number of hydrogen-bond donors (Lipinski definition) is 2. The van der Waals surface area contributed by atoms with E-state index in [0.29, 0.717) is 13.0 Å². The SMILES string of the molecule is COc1ccc2ccccc2c1CNC(=O)CC(C)N. The molecule has 20 heavy (non-hydrogen) atoms. The Balaban J connectivity index is 2.25. The van der Waals surface area contributed by atoms with Crippen LogP contribution in [0.15, 0.2) is 36.4 Å². The fraction of sp³-hybridized carbons (Fsp3) is 0.312. The molecule has 1 atom stereocenters. The summed E-state index contributed by atoms with van der Waals surface area (Å²) >= 11 is 0. The molecule has 4 heteroatoms. The van der Waals surface area contributed by atoms with Crippen LogP contribution in [-0.2, 0) is 11.3 Å². The maximum Gasteiger partial charge on any atom is 0.221 e. The van der Waals surface area contributed by atoms with Crippen LogP contribution in [0.1, 0.15) is 18.9 Å². The fourth-order valence-electron chi connectivity index (χ4n) is 2.24. The quantitative estimate of drug-likeness (QED) is 0.877. The molecule has 0 aliphatic carbocycles. The molecule has 0 aromatic heterocycles. The predicted octanol–water partition coefficient (Wildman–Crippen LogP) is 2.20. The number of nitrogens with one attached hydrogen (secondary N) is 1. The molecule has 3 N–H and O–H groups in total. The lowest BCUT2D eigenvalue weighted by atomic mass is 10.0. The average molecular weight is 272 g/mol. The third-order valence-corrected chi connectivity index (χ3v) is 3.19. The van der Waals surface area contributed by atoms with Gasteiger partial charge in [0.25, 0.3) is 0 Å². The summed E-state index contributed by atoms with van der Waals surface area (Å²) in [7, 11) is 1.64. The zero-order valence-electron chi connectivity index (χ0n) is 11.8. The first-order valence-corrected chi connectivity index (χ1v) is 6.68. The maximum absolute atomic E-state index is 11.7. The van der Waals surface area contributed by atoms with Gasteiger partial charge in [0.2, 0.25) is 5.91 Å². The van der Waals surface area contributed by atoms with Crippen molar-refractivity contribution in [3.63, 3.8) is 0 Å². The highest BCUT2D eigenvalue weighted by Gasteiger charge is 2.10. The lowest BCUT2D eigenvalue weighted by molar-refractivity contribution is -0.121. The van der Waals surface area contributed by atoms with E-state index in [2.05, 4.69) is 5.32 Å². The first kappa shape index (κ1) is 14.3. The highest BCUT2D eigenvalue weighted by molar-refractivity contribution is 5.88. The second-order valence-electron chi connectivity index (χ2n) is 4.93. The van der Waals surface area contributed by atoms with E-state index in [0.717, 1.165) is 22.1 Å². The van der Waals surface area contributed by atoms with Crippen LogP contribution in [-0.4, -0.2) is 19.1 Å². The minimum absolute atomic E-state index is 0.0463. The largest absolute Gasteiger partial charge is 0.496 e. The summed E-state index contributed by atoms with van der Waals surface area (Å²) in [6.07, 6.45) is 0.326. The molecule has 106 valence electrons. The Hall–Kier alpha value is -2.07. The van der Waals surface area contributed by atoms with Gasteiger partial charge >= 0.3 is 0 Å². The molecule has 0 aliphatic rings. The van der Waals surface area contributed by atoms with Crippen molar-refractivity contribution in [1.29, 1.82) is 0 Å². The Morgan fingerprint density at radius 2 is 2.05 bits per heavy atom. The van der Waals surface area contributed by atoms with Crippen molar-refractivity contribution >= 4 is 16.7 Å². The molecular formula is C16H20N2O2. The Bertz CT molecular complexity index is 608. The number of benzene rings is 2. The molecule has 0 aliphatic heterocycles. The molecule has 0 saturated heterocycles. The molecule has 0 spiro atoms. The van der Waals surface area contributed by atoms with E-state index in [1.807, 2.05) is 43.3 Å². The molecule has 0 fully saturated rings. The molecule has 0 heterocycles. The van der Waals surface area contributed by atoms with Gasteiger partial charge in [-0.15, -0.1) is 0 Å². The first-order chi connectivity index (χ1) is 9.61. The van der Waals surface area contributed by atoms with Crippen molar-refractivity contribution in [3.8, 4) is 5.75 Å². The van der Waals surface area contributed by atoms with Gasteiger partial charge in [0.1, 0.15) is 5.75 Å². The molecule has 4 nitrogen and oxygen atoms in total. The van der Waals surface area contributed by atoms with Crippen LogP contribution in [0.4, 0.5) is 0 Å². The van der Waals surface area contributed by atoms with Gasteiger partial charge in [-0.05, 0) is 23.8 Å². The molecule has 0 saturated carbocycles. The number of nitrogens with two attached hydrogens (primary N) is 1. The van der Waals surface area contributed by atoms with Gasteiger partial charge in [-0.2, -0.15) is 0 Å². The van der Waals surface area contributed by atoms with Crippen LogP contribution < -0.4 is 15.8 Å². The molecule has 0 radical (unpaired) electrons. The Morgan fingerprint density at radius 3 is 2.75 bits per heavy atom. The summed E-state index contributed by atoms with van der Waals surface area (Å²) in [4.78, 5) is 11.7. The van der Waals surface area contributed by atoms with E-state index in [9.17, 15) is 4.79 Å². The molecule has 1 amide bonds. The van der Waals surface area contributed by atoms with Crippen LogP contribution >= 0.6 is 0 Å². The first-order valence-electron chi connectivity index (χ1n) is 6.68. The number of rotatable bonds is 5. The van der Waals surface area contributed by atoms with Crippen molar-refractivity contribution in [2.75, 3.05) is 7.11 Å². The summed E-state index contributed by atoms with van der Waals surface area (Å²) < 4.78 is 5.39. The summed E-state index contributed by atoms with van der Waals surface area (Å²) in [5.41, 5.74) is 6.61. The number of carbonyl (C=O) groups excluding carboxylic acids is 1. The monoisotopic (exact) mass is 272 g/mol. The highest BCUT2D eigenvalue weighted by Crippen LogP contribution is 2.27. The lowest BCUT2D eigenvalue weighted by Gasteiger charge is -2.13. The van der Waals surface area contributed by atoms with Crippen LogP contribution in [0.5, 0.6) is 5.75 Å². The van der Waals surface area contributed by atoms with E-state index in [-0.39, 0.29) is 11.9 Å². The Kier molecular flexibility index (Phi) is 4.58. The van der Waals surface area contributed by atoms with E-state index in [1.54, 1.807) is 7.11 Å². The summed E-state index contributed by atoms with van der Waals surface area (Å²) in [5.74, 6) is 0.736. The van der Waals surface area contributed by atoms with Crippen molar-refractivity contribution in [3.05, 3.63) is 42.0 Å². The van der Waals surface area contributed by atoms with Crippen LogP contribution in [0, 0.1) is 0 Å². The normalized spacial score (nSPS) is 12.2. The number of amides is 1. The zero-order valence-corrected chi connectivity index (χ0v) is 11.8. The van der Waals surface area contributed by atoms with Crippen LogP contribution in [0.3, 0.4) is 0 Å². The molecule has 2 aromatic carbocycles. The number of hydrogen-bond acceptors (Lipinski definition) is 3. The third kappa shape index (κ3) is 3.27. The van der Waals surface area contributed by atoms with E-state index in [4.69, 9.17) is 10.5 Å². The standard InChI is InChI=1S/C16H20N2O2/c1-11(17)9-16(19)18-10-14-13-6-4-3-5-12(13)7-8-15(14)20-2/h3-8,11H,9-10,17H2,1-2H3,(H,18,19). The van der Waals surface area contributed by atoms with Crippen LogP contribution in [0.2, 0.25) is 0 Å². The minimum Gasteiger partial charge on any atom is -0.496 e. The van der Waals surface area contributed by atoms with Gasteiger partial charge in [-0.1, -0.05) is 30.3 Å². The number of ether oxygens (including phenoxy) is 1. The van der Waals surface area contributed by atoms with Crippen molar-refractivity contribution in [2.24, 2.45) is 5.73 Å². The zero-order chi connectivity index (χ0) is 14.5. The average Bonchev–Trinajstić information content (AvgIpc) is 2.43. The number of fused-ring (bicyclic) bond motifs is 1. The van der Waals surface area contributed by atoms with E-state index < -0.39 is 0 Å². The third-order valence-electron chi connectivity index (χ3n) is 3.19. The van der Waals surface area contributed by atoms with Crippen molar-refractivity contribution in [1.82, 2.24) is 5.32 Å². The fourth-order valence-corrected chi connectivity index (χ4v) is 2.24. The van der Waals surface area contributed by atoms with Gasteiger partial charge < -0.3 is 15.8 Å². The molecule has 1 unspecified atom stereocenters. The number of methoxy groups -OCH3 is 1. The van der Waals surface area contributed by atoms with Gasteiger partial charge in [-0.3, -0.25) is 4.79 Å². The molecule has 2 aromatic rings. The highest BCUT2D eigenvalue weighted by atomic mass is 16.5. The summed E-state index contributed by atoms with van der Waals surface area (Å²) in [6, 6.07) is 11.9. The van der Waals surface area contributed by atoms with Crippen molar-refractivity contribution in [2.45, 2.75) is 25.9 Å². The lowest BCUT2D eigenvalue weighted by Crippen LogP contribution is -2.29. The van der Waals surface area contributed by atoms with Gasteiger partial charge in [0, 0.05) is 24.6 Å². The van der Waals surface area contributed by atoms with Gasteiger partial charge in [0.15, 0.2) is 0 Å². The van der Waals surface area contributed by atoms with Gasteiger partial charge in [-0.25, -0.2) is 0 Å². The van der Waals surface area contributed by atoms with Crippen LogP contribution in [0.25, 0.3) is 10.8 Å². The summed E-state index contributed by atoms with van der Waals surface area (Å²) in [5, 5.41) is 5.12. The second-order valence-corrected chi connectivity index (χ2v) is 4.93. The smallest absolute Gasteiger partial charge is 0.221 e. The van der Waals surface area contributed by atoms with E-state index >= 15 is 0 Å². The topological polar surface area (TPSA) is 64.3 Å². The summed E-state index contributed by atoms with van der Waals surface area (Å²) in [6.45, 7) is 2.26. The Morgan fingerprint density at radius 1 is 1.30 bits per heavy atom. The number of carbonyl (C=O) groups is 1. The maximum atomic E-state index is 11.7.